The number of para-hydroxylation sites is 1. The van der Waals surface area contributed by atoms with E-state index >= 15 is 0 Å². The van der Waals surface area contributed by atoms with Crippen molar-refractivity contribution in [2.45, 2.75) is 71.6 Å². The smallest absolute Gasteiger partial charge is 0.408 e. The summed E-state index contributed by atoms with van der Waals surface area (Å²) in [6.07, 6.45) is 1.35. The van der Waals surface area contributed by atoms with Crippen molar-refractivity contribution >= 4 is 35.2 Å². The number of unbranched alkanes of at least 4 members (excludes halogenated alkanes) is 2. The zero-order valence-electron chi connectivity index (χ0n) is 22.6. The monoisotopic (exact) mass is 547 g/mol. The molecule has 2 aromatic carbocycles. The van der Waals surface area contributed by atoms with E-state index in [1.165, 1.54) is 17.0 Å². The normalized spacial score (nSPS) is 12.8. The van der Waals surface area contributed by atoms with Crippen LogP contribution < -0.4 is 10.6 Å². The first-order valence-electron chi connectivity index (χ1n) is 12.6. The van der Waals surface area contributed by atoms with Crippen LogP contribution >= 0.6 is 11.6 Å². The van der Waals surface area contributed by atoms with E-state index in [2.05, 4.69) is 10.6 Å². The second kappa shape index (κ2) is 14.0. The minimum atomic E-state index is -1.36. The highest BCUT2D eigenvalue weighted by atomic mass is 35.5. The van der Waals surface area contributed by atoms with Crippen LogP contribution in [-0.4, -0.2) is 57.8 Å². The largest absolute Gasteiger partial charge is 0.508 e. The van der Waals surface area contributed by atoms with Crippen LogP contribution in [0.3, 0.4) is 0 Å². The van der Waals surface area contributed by atoms with E-state index in [4.69, 9.17) is 16.3 Å². The third-order valence-electron chi connectivity index (χ3n) is 5.67. The van der Waals surface area contributed by atoms with Crippen molar-refractivity contribution in [1.29, 1.82) is 0 Å². The van der Waals surface area contributed by atoms with Gasteiger partial charge in [0.1, 0.15) is 23.4 Å². The van der Waals surface area contributed by atoms with Gasteiger partial charge in [0.25, 0.3) is 5.91 Å². The van der Waals surface area contributed by atoms with Gasteiger partial charge in [-0.2, -0.15) is 0 Å². The van der Waals surface area contributed by atoms with Gasteiger partial charge in [-0.25, -0.2) is 4.79 Å². The van der Waals surface area contributed by atoms with Crippen molar-refractivity contribution < 1.29 is 29.3 Å². The summed E-state index contributed by atoms with van der Waals surface area (Å²) in [5, 5.41) is 25.8. The van der Waals surface area contributed by atoms with Gasteiger partial charge < -0.3 is 30.5 Å². The van der Waals surface area contributed by atoms with E-state index < -0.39 is 42.2 Å². The number of phenols is 1. The van der Waals surface area contributed by atoms with E-state index in [-0.39, 0.29) is 12.3 Å². The SMILES string of the molecule is CCCCCN(C(=O)C(CO)NC(=O)OC(C)(C)C)C(C(=O)Nc1c(C)cccc1Cl)c1cccc(O)c1. The molecule has 0 radical (unpaired) electrons. The fourth-order valence-corrected chi connectivity index (χ4v) is 4.15. The van der Waals surface area contributed by atoms with Gasteiger partial charge in [-0.3, -0.25) is 9.59 Å². The zero-order chi connectivity index (χ0) is 28.5. The Labute approximate surface area is 229 Å². The fraction of sp³-hybridized carbons (Fsp3) is 0.464. The molecule has 0 aliphatic heterocycles. The van der Waals surface area contributed by atoms with Crippen molar-refractivity contribution in [3.8, 4) is 5.75 Å². The average molecular weight is 548 g/mol. The molecule has 0 saturated carbocycles. The molecule has 0 aromatic heterocycles. The van der Waals surface area contributed by atoms with Crippen molar-refractivity contribution in [2.24, 2.45) is 0 Å². The molecule has 208 valence electrons. The van der Waals surface area contributed by atoms with Crippen LogP contribution in [0, 0.1) is 6.92 Å². The average Bonchev–Trinajstić information content (AvgIpc) is 2.83. The molecule has 0 saturated heterocycles. The second-order valence-electron chi connectivity index (χ2n) is 10.0. The third kappa shape index (κ3) is 8.92. The molecule has 38 heavy (non-hydrogen) atoms. The van der Waals surface area contributed by atoms with Gasteiger partial charge in [0.15, 0.2) is 0 Å². The molecule has 2 atom stereocenters. The van der Waals surface area contributed by atoms with Crippen LogP contribution in [0.2, 0.25) is 5.02 Å². The summed E-state index contributed by atoms with van der Waals surface area (Å²) in [7, 11) is 0. The maximum absolute atomic E-state index is 13.8. The van der Waals surface area contributed by atoms with Crippen LogP contribution in [0.4, 0.5) is 10.5 Å². The molecule has 2 unspecified atom stereocenters. The van der Waals surface area contributed by atoms with E-state index in [0.717, 1.165) is 18.4 Å². The zero-order valence-corrected chi connectivity index (χ0v) is 23.3. The molecule has 0 fully saturated rings. The van der Waals surface area contributed by atoms with Crippen molar-refractivity contribution in [3.63, 3.8) is 0 Å². The number of benzene rings is 2. The number of rotatable bonds is 11. The third-order valence-corrected chi connectivity index (χ3v) is 5.99. The van der Waals surface area contributed by atoms with Crippen LogP contribution in [0.1, 0.15) is 64.1 Å². The van der Waals surface area contributed by atoms with Crippen molar-refractivity contribution in [2.75, 3.05) is 18.5 Å². The van der Waals surface area contributed by atoms with Gasteiger partial charge in [0, 0.05) is 6.54 Å². The molecule has 4 N–H and O–H groups in total. The van der Waals surface area contributed by atoms with Crippen LogP contribution in [-0.2, 0) is 14.3 Å². The number of anilines is 1. The Kier molecular flexibility index (Phi) is 11.4. The van der Waals surface area contributed by atoms with Gasteiger partial charge in [0.2, 0.25) is 5.91 Å². The fourth-order valence-electron chi connectivity index (χ4n) is 3.88. The van der Waals surface area contributed by atoms with Crippen LogP contribution in [0.15, 0.2) is 42.5 Å². The number of ether oxygens (including phenoxy) is 1. The number of nitrogens with one attached hydrogen (secondary N) is 2. The molecule has 2 aromatic rings. The minimum Gasteiger partial charge on any atom is -0.508 e. The highest BCUT2D eigenvalue weighted by Gasteiger charge is 2.36. The lowest BCUT2D eigenvalue weighted by Gasteiger charge is -2.34. The van der Waals surface area contributed by atoms with E-state index in [9.17, 15) is 24.6 Å². The topological polar surface area (TPSA) is 128 Å². The minimum absolute atomic E-state index is 0.0826. The molecule has 0 aliphatic carbocycles. The lowest BCUT2D eigenvalue weighted by atomic mass is 10.0. The van der Waals surface area contributed by atoms with Crippen molar-refractivity contribution in [3.05, 3.63) is 58.6 Å². The van der Waals surface area contributed by atoms with Gasteiger partial charge in [-0.1, -0.05) is 55.6 Å². The predicted octanol–water partition coefficient (Wildman–Crippen LogP) is 4.94. The first kappa shape index (κ1) is 30.9. The molecule has 3 amide bonds. The maximum atomic E-state index is 13.8. The Morgan fingerprint density at radius 3 is 2.37 bits per heavy atom. The summed E-state index contributed by atoms with van der Waals surface area (Å²) in [6, 6.07) is 8.69. The van der Waals surface area contributed by atoms with E-state index in [1.807, 2.05) is 6.92 Å². The maximum Gasteiger partial charge on any atom is 0.408 e. The molecular weight excluding hydrogens is 510 g/mol. The summed E-state index contributed by atoms with van der Waals surface area (Å²) < 4.78 is 5.25. The summed E-state index contributed by atoms with van der Waals surface area (Å²) in [5.41, 5.74) is 0.663. The Morgan fingerprint density at radius 1 is 1.11 bits per heavy atom. The number of aryl methyl sites for hydroxylation is 1. The highest BCUT2D eigenvalue weighted by Crippen LogP contribution is 2.30. The first-order chi connectivity index (χ1) is 17.9. The van der Waals surface area contributed by atoms with E-state index in [0.29, 0.717) is 22.7 Å². The molecule has 0 heterocycles. The molecule has 2 rings (SSSR count). The summed E-state index contributed by atoms with van der Waals surface area (Å²) in [6.45, 7) is 8.29. The standard InChI is InChI=1S/C28H38ClN3O6/c1-6-7-8-15-32(26(36)22(17-33)30-27(37)38-28(3,4)5)24(19-12-10-13-20(34)16-19)25(35)31-23-18(2)11-9-14-21(23)29/h9-14,16,22,24,33-34H,6-8,15,17H2,1-5H3,(H,30,37)(H,31,35). The molecule has 0 bridgehead atoms. The second-order valence-corrected chi connectivity index (χ2v) is 10.4. The van der Waals surface area contributed by atoms with Crippen molar-refractivity contribution in [1.82, 2.24) is 10.2 Å². The molecule has 9 nitrogen and oxygen atoms in total. The molecule has 0 aliphatic rings. The number of aliphatic hydroxyl groups is 1. The van der Waals surface area contributed by atoms with Gasteiger partial charge in [-0.15, -0.1) is 0 Å². The Balaban J connectivity index is 2.52. The molecule has 10 heteroatoms. The van der Waals surface area contributed by atoms with Crippen LogP contribution in [0.25, 0.3) is 0 Å². The number of aliphatic hydroxyl groups excluding tert-OH is 1. The number of hydrogen-bond donors (Lipinski definition) is 4. The number of hydrogen-bond acceptors (Lipinski definition) is 6. The molecule has 0 spiro atoms. The highest BCUT2D eigenvalue weighted by molar-refractivity contribution is 6.34. The number of carbonyl (C=O) groups is 3. The van der Waals surface area contributed by atoms with Gasteiger partial charge >= 0.3 is 6.09 Å². The number of phenolic OH excluding ortho intramolecular Hbond substituents is 1. The molecular formula is C28H38ClN3O6. The number of halogens is 1. The number of amides is 3. The summed E-state index contributed by atoms with van der Waals surface area (Å²) >= 11 is 6.35. The Morgan fingerprint density at radius 2 is 1.79 bits per heavy atom. The summed E-state index contributed by atoms with van der Waals surface area (Å²) in [5.74, 6) is -1.32. The number of nitrogens with zero attached hydrogens (tertiary/aromatic N) is 1. The predicted molar refractivity (Wildman–Crippen MR) is 147 cm³/mol. The Hall–Kier alpha value is -3.30. The lowest BCUT2D eigenvalue weighted by Crippen LogP contribution is -2.54. The number of alkyl carbamates (subject to hydrolysis) is 1. The van der Waals surface area contributed by atoms with E-state index in [1.54, 1.807) is 58.0 Å². The number of carbonyl (C=O) groups excluding carboxylic acids is 3. The van der Waals surface area contributed by atoms with Crippen LogP contribution in [0.5, 0.6) is 5.75 Å². The van der Waals surface area contributed by atoms with Gasteiger partial charge in [0.05, 0.1) is 17.3 Å². The lowest BCUT2D eigenvalue weighted by molar-refractivity contribution is -0.141. The quantitative estimate of drug-likeness (QED) is 0.295. The first-order valence-corrected chi connectivity index (χ1v) is 13.0. The number of aromatic hydroxyl groups is 1. The summed E-state index contributed by atoms with van der Waals surface area (Å²) in [4.78, 5) is 41.3. The van der Waals surface area contributed by atoms with Gasteiger partial charge in [-0.05, 0) is 63.4 Å². The Bertz CT molecular complexity index is 1100.